The SMILES string of the molecule is CNCC12CC(c3ccc(OC)c(F)c3)(C1)C2. The van der Waals surface area contributed by atoms with Crippen LogP contribution < -0.4 is 10.1 Å². The van der Waals surface area contributed by atoms with Crippen LogP contribution in [0.5, 0.6) is 5.75 Å². The van der Waals surface area contributed by atoms with Crippen LogP contribution in [-0.4, -0.2) is 20.7 Å². The molecular formula is C14H18FNO. The van der Waals surface area contributed by atoms with Gasteiger partial charge in [-0.15, -0.1) is 0 Å². The molecule has 3 aliphatic rings. The Bertz CT molecular complexity index is 438. The highest BCUT2D eigenvalue weighted by Crippen LogP contribution is 2.73. The van der Waals surface area contributed by atoms with Crippen molar-refractivity contribution in [3.63, 3.8) is 0 Å². The summed E-state index contributed by atoms with van der Waals surface area (Å²) < 4.78 is 18.6. The van der Waals surface area contributed by atoms with Gasteiger partial charge in [0.1, 0.15) is 0 Å². The average molecular weight is 235 g/mol. The Morgan fingerprint density at radius 2 is 2.06 bits per heavy atom. The van der Waals surface area contributed by atoms with Gasteiger partial charge in [0, 0.05) is 6.54 Å². The van der Waals surface area contributed by atoms with E-state index in [0.717, 1.165) is 12.1 Å². The molecule has 0 unspecified atom stereocenters. The highest BCUT2D eigenvalue weighted by molar-refractivity contribution is 5.42. The van der Waals surface area contributed by atoms with Crippen molar-refractivity contribution >= 4 is 0 Å². The summed E-state index contributed by atoms with van der Waals surface area (Å²) in [6.45, 7) is 1.09. The van der Waals surface area contributed by atoms with E-state index >= 15 is 0 Å². The van der Waals surface area contributed by atoms with Crippen molar-refractivity contribution in [3.05, 3.63) is 29.6 Å². The highest BCUT2D eigenvalue weighted by Gasteiger charge is 2.67. The molecule has 2 bridgehead atoms. The van der Waals surface area contributed by atoms with Crippen LogP contribution >= 0.6 is 0 Å². The van der Waals surface area contributed by atoms with E-state index in [9.17, 15) is 4.39 Å². The lowest BCUT2D eigenvalue weighted by atomic mass is 9.33. The van der Waals surface area contributed by atoms with Crippen molar-refractivity contribution in [2.45, 2.75) is 24.7 Å². The van der Waals surface area contributed by atoms with E-state index < -0.39 is 0 Å². The van der Waals surface area contributed by atoms with Gasteiger partial charge < -0.3 is 10.1 Å². The summed E-state index contributed by atoms with van der Waals surface area (Å²) in [6.07, 6.45) is 3.60. The first-order chi connectivity index (χ1) is 8.13. The van der Waals surface area contributed by atoms with E-state index in [-0.39, 0.29) is 11.2 Å². The highest BCUT2D eigenvalue weighted by atomic mass is 19.1. The number of nitrogens with one attached hydrogen (secondary N) is 1. The molecule has 0 aliphatic heterocycles. The summed E-state index contributed by atoms with van der Waals surface area (Å²) in [6, 6.07) is 5.42. The number of hydrogen-bond acceptors (Lipinski definition) is 2. The molecule has 0 radical (unpaired) electrons. The Morgan fingerprint density at radius 1 is 1.35 bits per heavy atom. The fourth-order valence-corrected chi connectivity index (χ4v) is 3.86. The van der Waals surface area contributed by atoms with Gasteiger partial charge in [-0.3, -0.25) is 0 Å². The summed E-state index contributed by atoms with van der Waals surface area (Å²) in [5, 5.41) is 3.25. The third kappa shape index (κ3) is 1.41. The Hall–Kier alpha value is -1.09. The molecule has 3 saturated carbocycles. The van der Waals surface area contributed by atoms with E-state index in [1.165, 1.54) is 26.4 Å². The Labute approximate surface area is 101 Å². The predicted molar refractivity (Wildman–Crippen MR) is 64.8 cm³/mol. The van der Waals surface area contributed by atoms with E-state index in [2.05, 4.69) is 5.32 Å². The Kier molecular flexibility index (Phi) is 2.24. The van der Waals surface area contributed by atoms with Crippen LogP contribution in [0.4, 0.5) is 4.39 Å². The maximum atomic E-state index is 13.7. The minimum Gasteiger partial charge on any atom is -0.494 e. The molecule has 3 heteroatoms. The molecule has 2 nitrogen and oxygen atoms in total. The molecule has 0 spiro atoms. The zero-order valence-corrected chi connectivity index (χ0v) is 10.3. The molecule has 0 saturated heterocycles. The first-order valence-corrected chi connectivity index (χ1v) is 6.12. The molecular weight excluding hydrogens is 217 g/mol. The third-order valence-electron chi connectivity index (χ3n) is 4.46. The zero-order valence-electron chi connectivity index (χ0n) is 10.3. The van der Waals surface area contributed by atoms with Crippen LogP contribution in [0.3, 0.4) is 0 Å². The minimum absolute atomic E-state index is 0.239. The standard InChI is InChI=1S/C14H18FNO/c1-16-9-13-6-14(7-13,8-13)10-3-4-12(17-2)11(15)5-10/h3-5,16H,6-9H2,1-2H3. The van der Waals surface area contributed by atoms with Crippen LogP contribution in [0, 0.1) is 11.2 Å². The van der Waals surface area contributed by atoms with Crippen LogP contribution in [0.1, 0.15) is 24.8 Å². The zero-order chi connectivity index (χ0) is 12.1. The molecule has 4 rings (SSSR count). The van der Waals surface area contributed by atoms with E-state index in [4.69, 9.17) is 4.74 Å². The molecule has 3 fully saturated rings. The van der Waals surface area contributed by atoms with Gasteiger partial charge in [-0.25, -0.2) is 4.39 Å². The molecule has 1 N–H and O–H groups in total. The lowest BCUT2D eigenvalue weighted by Crippen LogP contribution is -2.67. The van der Waals surface area contributed by atoms with Crippen LogP contribution in [0.15, 0.2) is 18.2 Å². The van der Waals surface area contributed by atoms with E-state index in [1.807, 2.05) is 13.1 Å². The Balaban J connectivity index is 1.78. The summed E-state index contributed by atoms with van der Waals surface area (Å²) >= 11 is 0. The molecule has 0 heterocycles. The number of methoxy groups -OCH3 is 1. The number of ether oxygens (including phenoxy) is 1. The van der Waals surface area contributed by atoms with Crippen molar-refractivity contribution in [3.8, 4) is 5.75 Å². The van der Waals surface area contributed by atoms with Gasteiger partial charge in [-0.1, -0.05) is 6.07 Å². The second kappa shape index (κ2) is 3.45. The fraction of sp³-hybridized carbons (Fsp3) is 0.571. The molecule has 0 amide bonds. The first kappa shape index (κ1) is 11.0. The molecule has 0 atom stereocenters. The van der Waals surface area contributed by atoms with Crippen molar-refractivity contribution < 1.29 is 9.13 Å². The summed E-state index contributed by atoms with van der Waals surface area (Å²) in [4.78, 5) is 0. The van der Waals surface area contributed by atoms with Gasteiger partial charge in [0.2, 0.25) is 0 Å². The summed E-state index contributed by atoms with van der Waals surface area (Å²) in [5.41, 5.74) is 1.92. The maximum Gasteiger partial charge on any atom is 0.165 e. The number of rotatable bonds is 4. The van der Waals surface area contributed by atoms with Gasteiger partial charge in [-0.2, -0.15) is 0 Å². The smallest absolute Gasteiger partial charge is 0.165 e. The lowest BCUT2D eigenvalue weighted by Gasteiger charge is -2.71. The van der Waals surface area contributed by atoms with Gasteiger partial charge in [0.15, 0.2) is 11.6 Å². The molecule has 1 aromatic rings. The van der Waals surface area contributed by atoms with Crippen LogP contribution in [0.25, 0.3) is 0 Å². The second-order valence-corrected chi connectivity index (χ2v) is 5.69. The van der Waals surface area contributed by atoms with Crippen LogP contribution in [-0.2, 0) is 5.41 Å². The largest absolute Gasteiger partial charge is 0.494 e. The number of hydrogen-bond donors (Lipinski definition) is 1. The quantitative estimate of drug-likeness (QED) is 0.865. The van der Waals surface area contributed by atoms with Gasteiger partial charge in [-0.05, 0) is 54.8 Å². The first-order valence-electron chi connectivity index (χ1n) is 6.12. The van der Waals surface area contributed by atoms with Crippen molar-refractivity contribution in [1.29, 1.82) is 0 Å². The number of halogens is 1. The molecule has 1 aromatic carbocycles. The molecule has 17 heavy (non-hydrogen) atoms. The topological polar surface area (TPSA) is 21.3 Å². The fourth-order valence-electron chi connectivity index (χ4n) is 3.86. The van der Waals surface area contributed by atoms with Crippen molar-refractivity contribution in [1.82, 2.24) is 5.32 Å². The normalized spacial score (nSPS) is 33.8. The van der Waals surface area contributed by atoms with E-state index in [0.29, 0.717) is 11.2 Å². The van der Waals surface area contributed by atoms with Crippen LogP contribution in [0.2, 0.25) is 0 Å². The third-order valence-corrected chi connectivity index (χ3v) is 4.46. The number of benzene rings is 1. The van der Waals surface area contributed by atoms with Crippen molar-refractivity contribution in [2.75, 3.05) is 20.7 Å². The molecule has 0 aromatic heterocycles. The van der Waals surface area contributed by atoms with Gasteiger partial charge >= 0.3 is 0 Å². The summed E-state index contributed by atoms with van der Waals surface area (Å²) in [5.74, 6) is 0.0997. The molecule has 3 aliphatic carbocycles. The monoisotopic (exact) mass is 235 g/mol. The predicted octanol–water partition coefficient (Wildman–Crippen LogP) is 2.48. The van der Waals surface area contributed by atoms with Gasteiger partial charge in [0.05, 0.1) is 7.11 Å². The molecule has 92 valence electrons. The summed E-state index contributed by atoms with van der Waals surface area (Å²) in [7, 11) is 3.50. The van der Waals surface area contributed by atoms with Gasteiger partial charge in [0.25, 0.3) is 0 Å². The minimum atomic E-state index is -0.239. The Morgan fingerprint density at radius 3 is 2.59 bits per heavy atom. The second-order valence-electron chi connectivity index (χ2n) is 5.69. The van der Waals surface area contributed by atoms with Crippen molar-refractivity contribution in [2.24, 2.45) is 5.41 Å². The van der Waals surface area contributed by atoms with E-state index in [1.54, 1.807) is 12.1 Å². The average Bonchev–Trinajstić information content (AvgIpc) is 2.21. The lowest BCUT2D eigenvalue weighted by molar-refractivity contribution is -0.137. The maximum absolute atomic E-state index is 13.7.